The molecule has 0 aromatic carbocycles. The van der Waals surface area contributed by atoms with Gasteiger partial charge in [-0.2, -0.15) is 5.10 Å². The van der Waals surface area contributed by atoms with E-state index < -0.39 is 5.91 Å². The van der Waals surface area contributed by atoms with Gasteiger partial charge in [0.2, 0.25) is 0 Å². The van der Waals surface area contributed by atoms with Gasteiger partial charge < -0.3 is 11.5 Å². The van der Waals surface area contributed by atoms with E-state index in [4.69, 9.17) is 11.5 Å². The average Bonchev–Trinajstić information content (AvgIpc) is 2.71. The maximum atomic E-state index is 11.0. The number of rotatable bonds is 3. The van der Waals surface area contributed by atoms with Gasteiger partial charge >= 0.3 is 0 Å². The summed E-state index contributed by atoms with van der Waals surface area (Å²) in [5.41, 5.74) is 11.0. The molecule has 0 fully saturated rings. The van der Waals surface area contributed by atoms with Gasteiger partial charge in [0.1, 0.15) is 11.4 Å². The van der Waals surface area contributed by atoms with E-state index in [1.54, 1.807) is 6.07 Å². The monoisotopic (exact) mass is 250 g/mol. The second-order valence-electron chi connectivity index (χ2n) is 3.16. The summed E-state index contributed by atoms with van der Waals surface area (Å²) in [7, 11) is 0. The van der Waals surface area contributed by atoms with Crippen LogP contribution in [0.2, 0.25) is 0 Å². The predicted molar refractivity (Wildman–Crippen MR) is 63.9 cm³/mol. The van der Waals surface area contributed by atoms with Crippen LogP contribution in [-0.2, 0) is 0 Å². The molecule has 0 radical (unpaired) electrons. The van der Waals surface area contributed by atoms with Gasteiger partial charge in [0.15, 0.2) is 11.5 Å². The minimum atomic E-state index is -0.666. The molecule has 0 saturated carbocycles. The van der Waals surface area contributed by atoms with Crippen molar-refractivity contribution < 1.29 is 4.79 Å². The number of hydrogen-bond donors (Lipinski definition) is 2. The molecular formula is C9H10N6OS. The molecule has 88 valence electrons. The number of nitrogens with zero attached hydrogens (tertiary/aromatic N) is 4. The molecule has 1 amide bonds. The van der Waals surface area contributed by atoms with Gasteiger partial charge in [0.05, 0.1) is 11.9 Å². The van der Waals surface area contributed by atoms with Crippen molar-refractivity contribution in [3.8, 4) is 5.82 Å². The number of amides is 1. The molecule has 0 saturated heterocycles. The molecule has 2 heterocycles. The Morgan fingerprint density at radius 1 is 1.47 bits per heavy atom. The van der Waals surface area contributed by atoms with Crippen LogP contribution in [0.3, 0.4) is 0 Å². The molecule has 8 heteroatoms. The van der Waals surface area contributed by atoms with Gasteiger partial charge in [-0.05, 0) is 6.26 Å². The van der Waals surface area contributed by atoms with Gasteiger partial charge in [0, 0.05) is 6.07 Å². The topological polar surface area (TPSA) is 113 Å². The molecule has 2 aromatic heterocycles. The Kier molecular flexibility index (Phi) is 2.96. The van der Waals surface area contributed by atoms with E-state index in [0.29, 0.717) is 5.82 Å². The molecule has 0 bridgehead atoms. The second-order valence-corrected chi connectivity index (χ2v) is 3.99. The zero-order valence-electron chi connectivity index (χ0n) is 8.99. The second kappa shape index (κ2) is 4.42. The fraction of sp³-hybridized carbons (Fsp3) is 0.111. The fourth-order valence-electron chi connectivity index (χ4n) is 1.26. The summed E-state index contributed by atoms with van der Waals surface area (Å²) >= 11 is 1.48. The zero-order valence-corrected chi connectivity index (χ0v) is 9.81. The Labute approximate surface area is 101 Å². The molecule has 0 spiro atoms. The molecule has 4 N–H and O–H groups in total. The highest BCUT2D eigenvalue weighted by molar-refractivity contribution is 7.98. The SMILES string of the molecule is CSc1cc(-n2cc(N)c(C(N)=O)n2)ncn1. The van der Waals surface area contributed by atoms with Crippen molar-refractivity contribution >= 4 is 23.4 Å². The minimum absolute atomic E-state index is 0.0364. The van der Waals surface area contributed by atoms with E-state index >= 15 is 0 Å². The third kappa shape index (κ3) is 2.21. The normalized spacial score (nSPS) is 10.4. The van der Waals surface area contributed by atoms with Crippen LogP contribution in [0.4, 0.5) is 5.69 Å². The zero-order chi connectivity index (χ0) is 12.4. The van der Waals surface area contributed by atoms with Crippen LogP contribution in [0.25, 0.3) is 5.82 Å². The van der Waals surface area contributed by atoms with Crippen LogP contribution in [0.5, 0.6) is 0 Å². The first-order valence-electron chi connectivity index (χ1n) is 4.63. The van der Waals surface area contributed by atoms with E-state index in [2.05, 4.69) is 15.1 Å². The number of carbonyl (C=O) groups excluding carboxylic acids is 1. The van der Waals surface area contributed by atoms with Crippen LogP contribution in [0.1, 0.15) is 10.5 Å². The molecular weight excluding hydrogens is 240 g/mol. The first kappa shape index (κ1) is 11.4. The molecule has 0 unspecified atom stereocenters. The van der Waals surface area contributed by atoms with E-state index in [9.17, 15) is 4.79 Å². The van der Waals surface area contributed by atoms with E-state index in [1.807, 2.05) is 6.26 Å². The van der Waals surface area contributed by atoms with Crippen LogP contribution in [0.15, 0.2) is 23.6 Å². The Balaban J connectivity index is 2.46. The highest BCUT2D eigenvalue weighted by Gasteiger charge is 2.12. The number of nitrogen functional groups attached to an aromatic ring is 1. The highest BCUT2D eigenvalue weighted by atomic mass is 32.2. The standard InChI is InChI=1S/C9H10N6OS/c1-17-7-2-6(12-4-13-7)15-3-5(10)8(14-15)9(11)16/h2-4H,10H2,1H3,(H2,11,16). The van der Waals surface area contributed by atoms with Crippen molar-refractivity contribution in [2.45, 2.75) is 5.03 Å². The molecule has 0 aliphatic carbocycles. The van der Waals surface area contributed by atoms with E-state index in [1.165, 1.54) is 29.0 Å². The predicted octanol–water partition coefficient (Wildman–Crippen LogP) is 0.0653. The van der Waals surface area contributed by atoms with Crippen LogP contribution < -0.4 is 11.5 Å². The number of nitrogens with two attached hydrogens (primary N) is 2. The molecule has 0 aliphatic heterocycles. The number of aromatic nitrogens is 4. The Bertz CT molecular complexity index is 566. The maximum absolute atomic E-state index is 11.0. The van der Waals surface area contributed by atoms with E-state index in [-0.39, 0.29) is 11.4 Å². The molecule has 2 aromatic rings. The summed E-state index contributed by atoms with van der Waals surface area (Å²) in [6, 6.07) is 1.74. The van der Waals surface area contributed by atoms with Gasteiger partial charge in [-0.3, -0.25) is 4.79 Å². The van der Waals surface area contributed by atoms with Gasteiger partial charge in [0.25, 0.3) is 5.91 Å². The average molecular weight is 250 g/mol. The lowest BCUT2D eigenvalue weighted by molar-refractivity contribution is 0.0996. The Morgan fingerprint density at radius 2 is 2.24 bits per heavy atom. The lowest BCUT2D eigenvalue weighted by Crippen LogP contribution is -2.14. The van der Waals surface area contributed by atoms with Crippen LogP contribution >= 0.6 is 11.8 Å². The van der Waals surface area contributed by atoms with Crippen molar-refractivity contribution in [2.75, 3.05) is 12.0 Å². The number of thioether (sulfide) groups is 1. The lowest BCUT2D eigenvalue weighted by Gasteiger charge is -2.00. The minimum Gasteiger partial charge on any atom is -0.396 e. The van der Waals surface area contributed by atoms with Gasteiger partial charge in [-0.25, -0.2) is 14.6 Å². The quantitative estimate of drug-likeness (QED) is 0.588. The van der Waals surface area contributed by atoms with Gasteiger partial charge in [-0.15, -0.1) is 11.8 Å². The molecule has 17 heavy (non-hydrogen) atoms. The third-order valence-corrected chi connectivity index (χ3v) is 2.69. The third-order valence-electron chi connectivity index (χ3n) is 2.05. The number of hydrogen-bond acceptors (Lipinski definition) is 6. The summed E-state index contributed by atoms with van der Waals surface area (Å²) in [5.74, 6) is -0.135. The van der Waals surface area contributed by atoms with Gasteiger partial charge in [-0.1, -0.05) is 0 Å². The van der Waals surface area contributed by atoms with Crippen molar-refractivity contribution in [3.05, 3.63) is 24.3 Å². The van der Waals surface area contributed by atoms with E-state index in [0.717, 1.165) is 5.03 Å². The Hall–Kier alpha value is -2.09. The number of primary amides is 1. The van der Waals surface area contributed by atoms with Crippen molar-refractivity contribution in [1.29, 1.82) is 0 Å². The summed E-state index contributed by atoms with van der Waals surface area (Å²) < 4.78 is 1.40. The number of carbonyl (C=O) groups is 1. The first-order chi connectivity index (χ1) is 8.11. The van der Waals surface area contributed by atoms with Crippen LogP contribution in [-0.4, -0.2) is 31.9 Å². The molecule has 7 nitrogen and oxygen atoms in total. The molecule has 2 rings (SSSR count). The first-order valence-corrected chi connectivity index (χ1v) is 5.85. The van der Waals surface area contributed by atoms with Crippen molar-refractivity contribution in [1.82, 2.24) is 19.7 Å². The maximum Gasteiger partial charge on any atom is 0.271 e. The highest BCUT2D eigenvalue weighted by Crippen LogP contribution is 2.16. The van der Waals surface area contributed by atoms with Crippen molar-refractivity contribution in [2.24, 2.45) is 5.73 Å². The lowest BCUT2D eigenvalue weighted by atomic mass is 10.4. The Morgan fingerprint density at radius 3 is 2.82 bits per heavy atom. The molecule has 0 aliphatic rings. The summed E-state index contributed by atoms with van der Waals surface area (Å²) in [5, 5.41) is 4.77. The summed E-state index contributed by atoms with van der Waals surface area (Å²) in [6.07, 6.45) is 4.81. The largest absolute Gasteiger partial charge is 0.396 e. The summed E-state index contributed by atoms with van der Waals surface area (Å²) in [6.45, 7) is 0. The van der Waals surface area contributed by atoms with Crippen LogP contribution in [0, 0.1) is 0 Å². The fourth-order valence-corrected chi connectivity index (χ4v) is 1.64. The smallest absolute Gasteiger partial charge is 0.271 e. The number of anilines is 1. The molecule has 0 atom stereocenters. The summed E-state index contributed by atoms with van der Waals surface area (Å²) in [4.78, 5) is 19.1. The van der Waals surface area contributed by atoms with Crippen molar-refractivity contribution in [3.63, 3.8) is 0 Å².